The van der Waals surface area contributed by atoms with Crippen molar-refractivity contribution in [2.45, 2.75) is 32.8 Å². The van der Waals surface area contributed by atoms with Crippen LogP contribution in [0, 0.1) is 0 Å². The molecule has 0 N–H and O–H groups in total. The Labute approximate surface area is 200 Å². The van der Waals surface area contributed by atoms with Gasteiger partial charge in [-0.2, -0.15) is 4.98 Å². The zero-order valence-electron chi connectivity index (χ0n) is 18.5. The molecule has 3 heterocycles. The first-order chi connectivity index (χ1) is 16.6. The molecule has 0 spiro atoms. The highest BCUT2D eigenvalue weighted by molar-refractivity contribution is 6.30. The van der Waals surface area contributed by atoms with Crippen molar-refractivity contribution in [2.24, 2.45) is 7.05 Å². The highest BCUT2D eigenvalue weighted by atomic mass is 35.5. The van der Waals surface area contributed by atoms with Gasteiger partial charge < -0.3 is 9.47 Å². The summed E-state index contributed by atoms with van der Waals surface area (Å²) >= 11 is 5.92. The van der Waals surface area contributed by atoms with Crippen LogP contribution in [0.2, 0.25) is 5.02 Å². The molecule has 184 valence electrons. The minimum atomic E-state index is -4.88. The summed E-state index contributed by atoms with van der Waals surface area (Å²) in [5, 5.41) is 0.412. The lowest BCUT2D eigenvalue weighted by molar-refractivity contribution is -0.274. The molecule has 3 aromatic heterocycles. The Morgan fingerprint density at radius 3 is 2.49 bits per heavy atom. The van der Waals surface area contributed by atoms with Crippen LogP contribution in [0.5, 0.6) is 17.5 Å². The number of fused-ring (bicyclic) bond motifs is 1. The monoisotopic (exact) mass is 509 g/mol. The number of ether oxygens (including phenoxy) is 2. The molecule has 0 saturated heterocycles. The number of alkyl halides is 3. The van der Waals surface area contributed by atoms with E-state index in [0.29, 0.717) is 17.1 Å². The minimum absolute atomic E-state index is 0.0152. The first-order valence-electron chi connectivity index (χ1n) is 10.4. The maximum atomic E-state index is 13.3. The normalized spacial score (nSPS) is 11.7. The molecule has 4 rings (SSSR count). The summed E-state index contributed by atoms with van der Waals surface area (Å²) in [6.45, 7) is 2.04. The van der Waals surface area contributed by atoms with Gasteiger partial charge in [0, 0.05) is 25.9 Å². The van der Waals surface area contributed by atoms with Gasteiger partial charge in [-0.25, -0.2) is 4.79 Å². The number of hydrogen-bond acceptors (Lipinski definition) is 6. The van der Waals surface area contributed by atoms with Gasteiger partial charge in [0.05, 0.1) is 17.3 Å². The molecule has 9 nitrogen and oxygen atoms in total. The van der Waals surface area contributed by atoms with Crippen molar-refractivity contribution < 1.29 is 22.6 Å². The summed E-state index contributed by atoms with van der Waals surface area (Å²) in [4.78, 5) is 34.6. The first kappa shape index (κ1) is 24.3. The molecule has 0 radical (unpaired) electrons. The molecule has 0 aliphatic rings. The molecule has 0 aliphatic heterocycles. The van der Waals surface area contributed by atoms with Gasteiger partial charge in [-0.3, -0.25) is 23.5 Å². The lowest BCUT2D eigenvalue weighted by atomic mass is 10.3. The lowest BCUT2D eigenvalue weighted by Gasteiger charge is -2.12. The lowest BCUT2D eigenvalue weighted by Crippen LogP contribution is -2.39. The van der Waals surface area contributed by atoms with E-state index in [2.05, 4.69) is 14.7 Å². The molecular formula is C22H19ClF3N5O4. The Morgan fingerprint density at radius 2 is 1.83 bits per heavy atom. The number of aryl methyl sites for hydroxylation is 1. The van der Waals surface area contributed by atoms with Crippen molar-refractivity contribution in [3.05, 3.63) is 74.1 Å². The van der Waals surface area contributed by atoms with Crippen LogP contribution in [0.15, 0.2) is 52.2 Å². The van der Waals surface area contributed by atoms with Crippen molar-refractivity contribution >= 4 is 22.8 Å². The topological polar surface area (TPSA) is 93.2 Å². The fraction of sp³-hybridized carbons (Fsp3) is 0.273. The molecule has 0 fully saturated rings. The number of rotatable bonds is 7. The Kier molecular flexibility index (Phi) is 6.57. The number of benzene rings is 1. The summed E-state index contributed by atoms with van der Waals surface area (Å²) in [5.41, 5.74) is -0.488. The highest BCUT2D eigenvalue weighted by Crippen LogP contribution is 2.30. The second-order valence-electron chi connectivity index (χ2n) is 7.54. The summed E-state index contributed by atoms with van der Waals surface area (Å²) in [7, 11) is 1.47. The third-order valence-electron chi connectivity index (χ3n) is 5.00. The van der Waals surface area contributed by atoms with Crippen LogP contribution in [0.25, 0.3) is 11.2 Å². The van der Waals surface area contributed by atoms with Gasteiger partial charge in [0.25, 0.3) is 5.56 Å². The standard InChI is InChI=1S/C22H19ClF3N5O4/c1-3-9-30-19(32)17-18(29(2)21(30)33)28-20(31(17)12-14-8-7-13(23)11-27-14)34-15-5-4-6-16(10-15)35-22(24,25)26/h4-8,10-11H,3,9,12H2,1-2H3. The molecule has 0 atom stereocenters. The molecular weight excluding hydrogens is 491 g/mol. The van der Waals surface area contributed by atoms with Crippen LogP contribution in [0.1, 0.15) is 19.0 Å². The van der Waals surface area contributed by atoms with Gasteiger partial charge >= 0.3 is 18.1 Å². The Bertz CT molecular complexity index is 1490. The predicted molar refractivity (Wildman–Crippen MR) is 121 cm³/mol. The molecule has 0 aliphatic carbocycles. The van der Waals surface area contributed by atoms with E-state index >= 15 is 0 Å². The third kappa shape index (κ3) is 5.16. The van der Waals surface area contributed by atoms with E-state index in [1.807, 2.05) is 6.92 Å². The molecule has 13 heteroatoms. The van der Waals surface area contributed by atoms with Gasteiger partial charge in [-0.1, -0.05) is 24.6 Å². The number of halogens is 4. The van der Waals surface area contributed by atoms with Gasteiger partial charge in [-0.05, 0) is 30.7 Å². The van der Waals surface area contributed by atoms with E-state index in [9.17, 15) is 22.8 Å². The zero-order valence-corrected chi connectivity index (χ0v) is 19.3. The zero-order chi connectivity index (χ0) is 25.3. The molecule has 35 heavy (non-hydrogen) atoms. The average molecular weight is 510 g/mol. The van der Waals surface area contributed by atoms with Gasteiger partial charge in [0.1, 0.15) is 11.5 Å². The largest absolute Gasteiger partial charge is 0.573 e. The van der Waals surface area contributed by atoms with Crippen LogP contribution in [-0.2, 0) is 20.1 Å². The van der Waals surface area contributed by atoms with Crippen LogP contribution < -0.4 is 20.7 Å². The predicted octanol–water partition coefficient (Wildman–Crippen LogP) is 4.09. The molecule has 4 aromatic rings. The maximum absolute atomic E-state index is 13.3. The molecule has 0 saturated carbocycles. The van der Waals surface area contributed by atoms with Gasteiger partial charge in [0.15, 0.2) is 11.2 Å². The molecule has 1 aromatic carbocycles. The van der Waals surface area contributed by atoms with E-state index in [0.717, 1.165) is 16.7 Å². The van der Waals surface area contributed by atoms with Gasteiger partial charge in [0.2, 0.25) is 0 Å². The van der Waals surface area contributed by atoms with Crippen molar-refractivity contribution in [3.8, 4) is 17.5 Å². The van der Waals surface area contributed by atoms with E-state index in [-0.39, 0.29) is 36.0 Å². The molecule has 0 bridgehead atoms. The van der Waals surface area contributed by atoms with Crippen LogP contribution >= 0.6 is 11.6 Å². The number of imidazole rings is 1. The van der Waals surface area contributed by atoms with Crippen LogP contribution in [0.3, 0.4) is 0 Å². The Hall–Kier alpha value is -3.80. The number of aromatic nitrogens is 5. The fourth-order valence-electron chi connectivity index (χ4n) is 3.50. The minimum Gasteiger partial charge on any atom is -0.425 e. The van der Waals surface area contributed by atoms with E-state index in [1.165, 1.54) is 34.5 Å². The van der Waals surface area contributed by atoms with Crippen molar-refractivity contribution in [2.75, 3.05) is 0 Å². The molecule has 0 amide bonds. The molecule has 0 unspecified atom stereocenters. The smallest absolute Gasteiger partial charge is 0.425 e. The Balaban J connectivity index is 1.88. The van der Waals surface area contributed by atoms with Crippen molar-refractivity contribution in [3.63, 3.8) is 0 Å². The summed E-state index contributed by atoms with van der Waals surface area (Å²) in [5.74, 6) is -0.513. The van der Waals surface area contributed by atoms with Crippen LogP contribution in [0.4, 0.5) is 13.2 Å². The summed E-state index contributed by atoms with van der Waals surface area (Å²) < 4.78 is 51.4. The van der Waals surface area contributed by atoms with Crippen molar-refractivity contribution in [1.82, 2.24) is 23.7 Å². The number of pyridine rings is 1. The van der Waals surface area contributed by atoms with Crippen molar-refractivity contribution in [1.29, 1.82) is 0 Å². The fourth-order valence-corrected chi connectivity index (χ4v) is 3.61. The summed E-state index contributed by atoms with van der Waals surface area (Å²) in [6, 6.07) is 8.01. The highest BCUT2D eigenvalue weighted by Gasteiger charge is 2.31. The number of nitrogens with zero attached hydrogens (tertiary/aromatic N) is 5. The van der Waals surface area contributed by atoms with Gasteiger partial charge in [-0.15, -0.1) is 13.2 Å². The second-order valence-corrected chi connectivity index (χ2v) is 7.98. The summed E-state index contributed by atoms with van der Waals surface area (Å²) in [6.07, 6.45) is -2.91. The van der Waals surface area contributed by atoms with E-state index in [4.69, 9.17) is 16.3 Å². The van der Waals surface area contributed by atoms with E-state index < -0.39 is 23.4 Å². The SMILES string of the molecule is CCCn1c(=O)c2c(nc(Oc3cccc(OC(F)(F)F)c3)n2Cc2ccc(Cl)cn2)n(C)c1=O. The average Bonchev–Trinajstić information content (AvgIpc) is 3.14. The first-order valence-corrected chi connectivity index (χ1v) is 10.8. The third-order valence-corrected chi connectivity index (χ3v) is 5.23. The Morgan fingerprint density at radius 1 is 1.09 bits per heavy atom. The van der Waals surface area contributed by atoms with E-state index in [1.54, 1.807) is 12.1 Å². The number of hydrogen-bond donors (Lipinski definition) is 0. The second kappa shape index (κ2) is 9.45. The quantitative estimate of drug-likeness (QED) is 0.372. The maximum Gasteiger partial charge on any atom is 0.573 e. The van der Waals surface area contributed by atoms with Crippen LogP contribution in [-0.4, -0.2) is 30.0 Å².